The monoisotopic (exact) mass is 490 g/mol. The summed E-state index contributed by atoms with van der Waals surface area (Å²) in [5, 5.41) is 18.2. The highest BCUT2D eigenvalue weighted by Gasteiger charge is 2.28. The first kappa shape index (κ1) is 23.5. The van der Waals surface area contributed by atoms with Crippen LogP contribution in [0.1, 0.15) is 61.3 Å². The van der Waals surface area contributed by atoms with Crippen molar-refractivity contribution in [2.24, 2.45) is 5.92 Å². The molecule has 0 aliphatic heterocycles. The number of hydrogen-bond acceptors (Lipinski definition) is 6. The molecular formula is C26H30N6O2S. The fourth-order valence-corrected chi connectivity index (χ4v) is 5.39. The van der Waals surface area contributed by atoms with Crippen molar-refractivity contribution in [3.8, 4) is 11.4 Å². The Kier molecular flexibility index (Phi) is 7.42. The van der Waals surface area contributed by atoms with Crippen LogP contribution in [0.5, 0.6) is 0 Å². The largest absolute Gasteiger partial charge is 0.355 e. The van der Waals surface area contributed by atoms with Gasteiger partial charge in [0.1, 0.15) is 0 Å². The van der Waals surface area contributed by atoms with E-state index in [0.29, 0.717) is 29.0 Å². The molecule has 0 bridgehead atoms. The molecule has 2 N–H and O–H groups in total. The molecule has 2 fully saturated rings. The van der Waals surface area contributed by atoms with E-state index >= 15 is 0 Å². The van der Waals surface area contributed by atoms with E-state index in [1.54, 1.807) is 6.07 Å². The number of aromatic nitrogens is 4. The first-order valence-electron chi connectivity index (χ1n) is 12.4. The third kappa shape index (κ3) is 6.08. The number of amides is 2. The normalized spacial score (nSPS) is 16.1. The maximum atomic E-state index is 13.1. The van der Waals surface area contributed by atoms with Crippen LogP contribution in [0.2, 0.25) is 0 Å². The summed E-state index contributed by atoms with van der Waals surface area (Å²) in [5.74, 6) is 1.39. The van der Waals surface area contributed by atoms with E-state index in [9.17, 15) is 9.59 Å². The third-order valence-corrected chi connectivity index (χ3v) is 7.64. The maximum absolute atomic E-state index is 13.1. The number of hydrogen-bond donors (Lipinski definition) is 2. The Morgan fingerprint density at radius 3 is 2.66 bits per heavy atom. The van der Waals surface area contributed by atoms with Gasteiger partial charge in [0.05, 0.1) is 17.4 Å². The van der Waals surface area contributed by atoms with Gasteiger partial charge in [-0.25, -0.2) is 4.68 Å². The molecule has 5 rings (SSSR count). The average Bonchev–Trinajstić information content (AvgIpc) is 3.63. The quantitative estimate of drug-likeness (QED) is 0.421. The molecule has 0 spiro atoms. The highest BCUT2D eigenvalue weighted by atomic mass is 32.2. The van der Waals surface area contributed by atoms with Crippen molar-refractivity contribution in [2.75, 3.05) is 17.6 Å². The van der Waals surface area contributed by atoms with Crippen molar-refractivity contribution < 1.29 is 9.59 Å². The SMILES string of the molecule is O=C(CSc1ccccc1C(=O)Nc1cccc(-c2nnnn2C2CC2)c1)NCC1CCCCC1. The number of tetrazole rings is 1. The summed E-state index contributed by atoms with van der Waals surface area (Å²) < 4.78 is 1.85. The molecule has 35 heavy (non-hydrogen) atoms. The average molecular weight is 491 g/mol. The molecule has 2 aliphatic carbocycles. The van der Waals surface area contributed by atoms with Crippen molar-refractivity contribution in [2.45, 2.75) is 55.9 Å². The van der Waals surface area contributed by atoms with Crippen LogP contribution in [0.4, 0.5) is 5.69 Å². The van der Waals surface area contributed by atoms with Gasteiger partial charge in [-0.15, -0.1) is 16.9 Å². The Morgan fingerprint density at radius 2 is 1.83 bits per heavy atom. The standard InChI is InChI=1S/C26H30N6O2S/c33-24(27-16-18-7-2-1-3-8-18)17-35-23-12-5-4-11-22(23)26(34)28-20-10-6-9-19(15-20)25-29-30-31-32(25)21-13-14-21/h4-6,9-12,15,18,21H,1-3,7-8,13-14,16-17H2,(H,27,33)(H,28,34). The minimum atomic E-state index is -0.213. The second kappa shape index (κ2) is 11.0. The summed E-state index contributed by atoms with van der Waals surface area (Å²) in [6.07, 6.45) is 8.41. The van der Waals surface area contributed by atoms with E-state index in [-0.39, 0.29) is 17.6 Å². The van der Waals surface area contributed by atoms with E-state index < -0.39 is 0 Å². The van der Waals surface area contributed by atoms with Crippen LogP contribution in [0, 0.1) is 5.92 Å². The van der Waals surface area contributed by atoms with Crippen LogP contribution in [0.3, 0.4) is 0 Å². The Balaban J connectivity index is 1.20. The van der Waals surface area contributed by atoms with Crippen LogP contribution >= 0.6 is 11.8 Å². The number of nitrogens with zero attached hydrogens (tertiary/aromatic N) is 4. The third-order valence-electron chi connectivity index (χ3n) is 6.57. The predicted octanol–water partition coefficient (Wildman–Crippen LogP) is 4.72. The summed E-state index contributed by atoms with van der Waals surface area (Å²) in [4.78, 5) is 26.3. The van der Waals surface area contributed by atoms with Gasteiger partial charge in [0, 0.05) is 22.7 Å². The van der Waals surface area contributed by atoms with Gasteiger partial charge in [-0.2, -0.15) is 0 Å². The molecule has 0 saturated heterocycles. The van der Waals surface area contributed by atoms with E-state index in [1.807, 2.05) is 47.1 Å². The minimum absolute atomic E-state index is 0.0110. The van der Waals surface area contributed by atoms with Gasteiger partial charge in [-0.1, -0.05) is 43.5 Å². The smallest absolute Gasteiger partial charge is 0.256 e. The molecule has 0 unspecified atom stereocenters. The van der Waals surface area contributed by atoms with Crippen LogP contribution in [-0.2, 0) is 4.79 Å². The Hall–Kier alpha value is -3.20. The lowest BCUT2D eigenvalue weighted by atomic mass is 9.89. The van der Waals surface area contributed by atoms with Gasteiger partial charge >= 0.3 is 0 Å². The number of benzene rings is 2. The van der Waals surface area contributed by atoms with Crippen LogP contribution in [0.25, 0.3) is 11.4 Å². The maximum Gasteiger partial charge on any atom is 0.256 e. The topological polar surface area (TPSA) is 102 Å². The second-order valence-electron chi connectivity index (χ2n) is 9.31. The first-order chi connectivity index (χ1) is 17.2. The van der Waals surface area contributed by atoms with Crippen LogP contribution in [0.15, 0.2) is 53.4 Å². The zero-order valence-electron chi connectivity index (χ0n) is 19.7. The molecule has 9 heteroatoms. The zero-order valence-corrected chi connectivity index (χ0v) is 20.5. The van der Waals surface area contributed by atoms with Crippen molar-refractivity contribution in [3.63, 3.8) is 0 Å². The lowest BCUT2D eigenvalue weighted by Gasteiger charge is -2.21. The van der Waals surface area contributed by atoms with Gasteiger partial charge < -0.3 is 10.6 Å². The minimum Gasteiger partial charge on any atom is -0.355 e. The molecule has 8 nitrogen and oxygen atoms in total. The van der Waals surface area contributed by atoms with E-state index in [2.05, 4.69) is 26.2 Å². The summed E-state index contributed by atoms with van der Waals surface area (Å²) >= 11 is 1.39. The van der Waals surface area contributed by atoms with Crippen molar-refractivity contribution in [3.05, 3.63) is 54.1 Å². The van der Waals surface area contributed by atoms with E-state index in [1.165, 1.54) is 43.9 Å². The number of thioether (sulfide) groups is 1. The number of nitrogens with one attached hydrogen (secondary N) is 2. The van der Waals surface area contributed by atoms with Gasteiger partial charge in [0.25, 0.3) is 5.91 Å². The number of carbonyl (C=O) groups is 2. The van der Waals surface area contributed by atoms with Gasteiger partial charge in [-0.05, 0) is 66.3 Å². The zero-order chi connectivity index (χ0) is 24.0. The number of rotatable bonds is 9. The molecule has 2 amide bonds. The number of anilines is 1. The summed E-state index contributed by atoms with van der Waals surface area (Å²) in [7, 11) is 0. The van der Waals surface area contributed by atoms with E-state index in [4.69, 9.17) is 0 Å². The van der Waals surface area contributed by atoms with Crippen LogP contribution in [-0.4, -0.2) is 44.3 Å². The van der Waals surface area contributed by atoms with Gasteiger partial charge in [-0.3, -0.25) is 9.59 Å². The highest BCUT2D eigenvalue weighted by Crippen LogP contribution is 2.37. The fourth-order valence-electron chi connectivity index (χ4n) is 4.51. The molecule has 1 aromatic heterocycles. The lowest BCUT2D eigenvalue weighted by molar-refractivity contribution is -0.118. The lowest BCUT2D eigenvalue weighted by Crippen LogP contribution is -2.31. The van der Waals surface area contributed by atoms with Gasteiger partial charge in [0.15, 0.2) is 5.82 Å². The van der Waals surface area contributed by atoms with Crippen molar-refractivity contribution in [1.29, 1.82) is 0 Å². The molecule has 1 heterocycles. The van der Waals surface area contributed by atoms with Crippen molar-refractivity contribution >= 4 is 29.3 Å². The molecule has 3 aromatic rings. The first-order valence-corrected chi connectivity index (χ1v) is 13.3. The molecule has 0 radical (unpaired) electrons. The Labute approximate surface area is 209 Å². The summed E-state index contributed by atoms with van der Waals surface area (Å²) in [6.45, 7) is 0.752. The Bertz CT molecular complexity index is 1190. The summed E-state index contributed by atoms with van der Waals surface area (Å²) in [5.41, 5.74) is 2.07. The molecule has 182 valence electrons. The van der Waals surface area contributed by atoms with Gasteiger partial charge in [0.2, 0.25) is 5.91 Å². The molecule has 2 aromatic carbocycles. The summed E-state index contributed by atoms with van der Waals surface area (Å²) in [6, 6.07) is 15.3. The Morgan fingerprint density at radius 1 is 1.00 bits per heavy atom. The highest BCUT2D eigenvalue weighted by molar-refractivity contribution is 8.00. The predicted molar refractivity (Wildman–Crippen MR) is 136 cm³/mol. The van der Waals surface area contributed by atoms with E-state index in [0.717, 1.165) is 29.8 Å². The molecular weight excluding hydrogens is 460 g/mol. The number of carbonyl (C=O) groups excluding carboxylic acids is 2. The second-order valence-corrected chi connectivity index (χ2v) is 10.3. The van der Waals surface area contributed by atoms with Crippen LogP contribution < -0.4 is 10.6 Å². The molecule has 2 saturated carbocycles. The van der Waals surface area contributed by atoms with Crippen molar-refractivity contribution in [1.82, 2.24) is 25.5 Å². The molecule has 2 aliphatic rings. The molecule has 0 atom stereocenters. The fraction of sp³-hybridized carbons (Fsp3) is 0.423.